The van der Waals surface area contributed by atoms with Crippen molar-refractivity contribution in [2.75, 3.05) is 26.9 Å². The van der Waals surface area contributed by atoms with Crippen LogP contribution in [-0.4, -0.2) is 59.8 Å². The summed E-state index contributed by atoms with van der Waals surface area (Å²) in [5.74, 6) is -1.38. The summed E-state index contributed by atoms with van der Waals surface area (Å²) in [6.07, 6.45) is 0.432. The lowest BCUT2D eigenvalue weighted by Crippen LogP contribution is -2.52. The highest BCUT2D eigenvalue weighted by atomic mass is 16.5. The average molecular weight is 280 g/mol. The number of amides is 1. The smallest absolute Gasteiger partial charge is 0.335 e. The number of carbonyl (C=O) groups excluding carboxylic acids is 1. The van der Waals surface area contributed by atoms with E-state index in [0.717, 1.165) is 0 Å². The minimum atomic E-state index is -1.13. The molecule has 1 N–H and O–H groups in total. The van der Waals surface area contributed by atoms with E-state index in [0.29, 0.717) is 18.8 Å². The minimum absolute atomic E-state index is 0.246. The highest BCUT2D eigenvalue weighted by Crippen LogP contribution is 2.28. The van der Waals surface area contributed by atoms with Crippen molar-refractivity contribution >= 4 is 11.9 Å². The fourth-order valence-electron chi connectivity index (χ4n) is 2.18. The standard InChI is InChI=1S/C13H16N2O5/c1-19-7-6-15-10(16)8-20-12(13(17)18)11(15)9-4-2-3-5-14-9/h2-5,11-12H,6-8H2,1H3,(H,17,18). The highest BCUT2D eigenvalue weighted by Gasteiger charge is 2.42. The van der Waals surface area contributed by atoms with Crippen LogP contribution in [0.15, 0.2) is 24.4 Å². The van der Waals surface area contributed by atoms with Crippen LogP contribution in [-0.2, 0) is 19.1 Å². The number of carboxylic acid groups (broad SMARTS) is 1. The number of morpholine rings is 1. The van der Waals surface area contributed by atoms with Gasteiger partial charge >= 0.3 is 5.97 Å². The lowest BCUT2D eigenvalue weighted by molar-refractivity contribution is -0.174. The molecule has 108 valence electrons. The third-order valence-electron chi connectivity index (χ3n) is 3.10. The first-order valence-electron chi connectivity index (χ1n) is 6.19. The van der Waals surface area contributed by atoms with Gasteiger partial charge in [0.05, 0.1) is 12.3 Å². The van der Waals surface area contributed by atoms with Gasteiger partial charge in [-0.25, -0.2) is 4.79 Å². The molecule has 1 aliphatic heterocycles. The molecule has 2 unspecified atom stereocenters. The van der Waals surface area contributed by atoms with Crippen molar-refractivity contribution in [3.63, 3.8) is 0 Å². The fourth-order valence-corrected chi connectivity index (χ4v) is 2.18. The molecule has 2 heterocycles. The Labute approximate surface area is 116 Å². The van der Waals surface area contributed by atoms with Gasteiger partial charge in [0.2, 0.25) is 5.91 Å². The largest absolute Gasteiger partial charge is 0.479 e. The molecule has 7 heteroatoms. The van der Waals surface area contributed by atoms with Gasteiger partial charge in [0.25, 0.3) is 0 Å². The van der Waals surface area contributed by atoms with E-state index in [9.17, 15) is 14.7 Å². The number of aromatic nitrogens is 1. The number of methoxy groups -OCH3 is 1. The Morgan fingerprint density at radius 3 is 3.00 bits per heavy atom. The van der Waals surface area contributed by atoms with Crippen molar-refractivity contribution in [3.8, 4) is 0 Å². The number of hydrogen-bond donors (Lipinski definition) is 1. The molecule has 0 spiro atoms. The van der Waals surface area contributed by atoms with Crippen molar-refractivity contribution in [1.82, 2.24) is 9.88 Å². The Bertz CT molecular complexity index is 479. The summed E-state index contributed by atoms with van der Waals surface area (Å²) in [5, 5.41) is 9.28. The predicted octanol–water partition coefficient (Wildman–Crippen LogP) is 0.0811. The zero-order chi connectivity index (χ0) is 14.5. The van der Waals surface area contributed by atoms with Crippen LogP contribution in [0, 0.1) is 0 Å². The molecular weight excluding hydrogens is 264 g/mol. The molecular formula is C13H16N2O5. The molecule has 2 atom stereocenters. The maximum atomic E-state index is 12.0. The minimum Gasteiger partial charge on any atom is -0.479 e. The predicted molar refractivity (Wildman–Crippen MR) is 67.9 cm³/mol. The third kappa shape index (κ3) is 2.94. The Morgan fingerprint density at radius 1 is 1.60 bits per heavy atom. The summed E-state index contributed by atoms with van der Waals surface area (Å²) in [7, 11) is 1.52. The van der Waals surface area contributed by atoms with Crippen molar-refractivity contribution in [2.24, 2.45) is 0 Å². The molecule has 2 rings (SSSR count). The Balaban J connectivity index is 2.33. The summed E-state index contributed by atoms with van der Waals surface area (Å²) in [6.45, 7) is 0.370. The maximum Gasteiger partial charge on any atom is 0.335 e. The Morgan fingerprint density at radius 2 is 2.40 bits per heavy atom. The van der Waals surface area contributed by atoms with Gasteiger partial charge in [-0.2, -0.15) is 0 Å². The monoisotopic (exact) mass is 280 g/mol. The number of hydrogen-bond acceptors (Lipinski definition) is 5. The van der Waals surface area contributed by atoms with E-state index in [1.54, 1.807) is 24.4 Å². The number of carboxylic acids is 1. The van der Waals surface area contributed by atoms with Gasteiger partial charge in [-0.3, -0.25) is 9.78 Å². The average Bonchev–Trinajstić information content (AvgIpc) is 2.46. The van der Waals surface area contributed by atoms with E-state index >= 15 is 0 Å². The molecule has 0 saturated carbocycles. The van der Waals surface area contributed by atoms with Gasteiger partial charge in [0.1, 0.15) is 12.6 Å². The second-order valence-corrected chi connectivity index (χ2v) is 4.35. The van der Waals surface area contributed by atoms with Crippen molar-refractivity contribution < 1.29 is 24.2 Å². The van der Waals surface area contributed by atoms with Gasteiger partial charge in [0.15, 0.2) is 6.10 Å². The lowest BCUT2D eigenvalue weighted by atomic mass is 10.0. The van der Waals surface area contributed by atoms with Gasteiger partial charge in [0, 0.05) is 19.9 Å². The van der Waals surface area contributed by atoms with E-state index in [1.165, 1.54) is 12.0 Å². The second kappa shape index (κ2) is 6.44. The van der Waals surface area contributed by atoms with Crippen LogP contribution in [0.25, 0.3) is 0 Å². The Hall–Kier alpha value is -1.99. The first kappa shape index (κ1) is 14.4. The van der Waals surface area contributed by atoms with Crippen molar-refractivity contribution in [2.45, 2.75) is 12.1 Å². The number of rotatable bonds is 5. The summed E-state index contributed by atoms with van der Waals surface area (Å²) in [5.41, 5.74) is 0.490. The number of pyridine rings is 1. The van der Waals surface area contributed by atoms with Crippen molar-refractivity contribution in [1.29, 1.82) is 0 Å². The first-order valence-corrected chi connectivity index (χ1v) is 6.19. The van der Waals surface area contributed by atoms with Crippen LogP contribution >= 0.6 is 0 Å². The highest BCUT2D eigenvalue weighted by molar-refractivity contribution is 5.82. The molecule has 0 bridgehead atoms. The third-order valence-corrected chi connectivity index (χ3v) is 3.10. The molecule has 20 heavy (non-hydrogen) atoms. The van der Waals surface area contributed by atoms with E-state index in [4.69, 9.17) is 9.47 Å². The summed E-state index contributed by atoms with van der Waals surface area (Å²) >= 11 is 0. The van der Waals surface area contributed by atoms with Crippen LogP contribution in [0.4, 0.5) is 0 Å². The zero-order valence-electron chi connectivity index (χ0n) is 11.1. The molecule has 1 aromatic rings. The van der Waals surface area contributed by atoms with E-state index in [2.05, 4.69) is 4.98 Å². The number of ether oxygens (including phenoxy) is 2. The molecule has 7 nitrogen and oxygen atoms in total. The molecule has 1 aromatic heterocycles. The van der Waals surface area contributed by atoms with Gasteiger partial charge in [-0.1, -0.05) is 6.07 Å². The van der Waals surface area contributed by atoms with Crippen LogP contribution in [0.2, 0.25) is 0 Å². The molecule has 1 fully saturated rings. The van der Waals surface area contributed by atoms with E-state index in [-0.39, 0.29) is 12.5 Å². The maximum absolute atomic E-state index is 12.0. The summed E-state index contributed by atoms with van der Waals surface area (Å²) < 4.78 is 10.1. The van der Waals surface area contributed by atoms with E-state index < -0.39 is 18.1 Å². The number of aliphatic carboxylic acids is 1. The number of carbonyl (C=O) groups is 2. The van der Waals surface area contributed by atoms with Crippen LogP contribution in [0.3, 0.4) is 0 Å². The SMILES string of the molecule is COCCN1C(=O)COC(C(=O)O)C1c1ccccn1. The second-order valence-electron chi connectivity index (χ2n) is 4.35. The molecule has 1 aliphatic rings. The van der Waals surface area contributed by atoms with Crippen molar-refractivity contribution in [3.05, 3.63) is 30.1 Å². The summed E-state index contributed by atoms with van der Waals surface area (Å²) in [4.78, 5) is 28.9. The van der Waals surface area contributed by atoms with Gasteiger partial charge in [-0.05, 0) is 12.1 Å². The first-order chi connectivity index (χ1) is 9.65. The summed E-state index contributed by atoms with van der Waals surface area (Å²) in [6, 6.07) is 4.41. The molecule has 0 aliphatic carbocycles. The van der Waals surface area contributed by atoms with Gasteiger partial charge < -0.3 is 19.5 Å². The van der Waals surface area contributed by atoms with Crippen LogP contribution in [0.5, 0.6) is 0 Å². The van der Waals surface area contributed by atoms with E-state index in [1.807, 2.05) is 0 Å². The zero-order valence-corrected chi connectivity index (χ0v) is 11.1. The molecule has 1 amide bonds. The molecule has 0 aromatic carbocycles. The van der Waals surface area contributed by atoms with Crippen LogP contribution in [0.1, 0.15) is 11.7 Å². The van der Waals surface area contributed by atoms with Crippen LogP contribution < -0.4 is 0 Å². The Kier molecular flexibility index (Phi) is 4.65. The topological polar surface area (TPSA) is 89.0 Å². The lowest BCUT2D eigenvalue weighted by Gasteiger charge is -2.38. The fraction of sp³-hybridized carbons (Fsp3) is 0.462. The normalized spacial score (nSPS) is 22.9. The molecule has 1 saturated heterocycles. The quantitative estimate of drug-likeness (QED) is 0.821. The number of nitrogens with zero attached hydrogens (tertiary/aromatic N) is 2. The molecule has 0 radical (unpaired) electrons. The van der Waals surface area contributed by atoms with Gasteiger partial charge in [-0.15, -0.1) is 0 Å².